The minimum absolute atomic E-state index is 0.118. The quantitative estimate of drug-likeness (QED) is 0.490. The fourth-order valence-electron chi connectivity index (χ4n) is 3.20. The number of pyridine rings is 1. The van der Waals surface area contributed by atoms with Gasteiger partial charge in [-0.15, -0.1) is 0 Å². The van der Waals surface area contributed by atoms with Crippen LogP contribution in [0.4, 0.5) is 10.1 Å². The van der Waals surface area contributed by atoms with Gasteiger partial charge in [0, 0.05) is 11.3 Å². The number of aryl methyl sites for hydroxylation is 1. The molecule has 4 aromatic rings. The molecule has 3 N–H and O–H groups in total. The van der Waals surface area contributed by atoms with E-state index < -0.39 is 21.7 Å². The summed E-state index contributed by atoms with van der Waals surface area (Å²) in [6.07, 6.45) is 0. The topological polar surface area (TPSA) is 128 Å². The van der Waals surface area contributed by atoms with Crippen LogP contribution in [0.5, 0.6) is 0 Å². The van der Waals surface area contributed by atoms with Crippen molar-refractivity contribution in [3.05, 3.63) is 77.2 Å². The molecule has 10 heteroatoms. The Bertz CT molecular complexity index is 1400. The lowest BCUT2D eigenvalue weighted by Gasteiger charge is -2.09. The van der Waals surface area contributed by atoms with Gasteiger partial charge in [0.1, 0.15) is 5.82 Å². The predicted molar refractivity (Wildman–Crippen MR) is 113 cm³/mol. The number of hydrogen-bond donors (Lipinski definition) is 2. The van der Waals surface area contributed by atoms with Gasteiger partial charge in [0.15, 0.2) is 0 Å². The lowest BCUT2D eigenvalue weighted by Crippen LogP contribution is -2.15. The van der Waals surface area contributed by atoms with Gasteiger partial charge in [-0.2, -0.15) is 0 Å². The van der Waals surface area contributed by atoms with E-state index in [0.717, 1.165) is 0 Å². The number of nitrogens with one attached hydrogen (secondary N) is 1. The van der Waals surface area contributed by atoms with Crippen LogP contribution >= 0.6 is 0 Å². The third-order valence-corrected chi connectivity index (χ3v) is 5.33. The molecule has 0 spiro atoms. The van der Waals surface area contributed by atoms with Crippen molar-refractivity contribution in [1.29, 1.82) is 0 Å². The first-order valence-electron chi connectivity index (χ1n) is 9.14. The lowest BCUT2D eigenvalue weighted by molar-refractivity contribution is 0.102. The molecule has 0 atom stereocenters. The standard InChI is InChI=1S/C21H17FN4O4S/c1-12-19-16(20(27)24-14-8-6-13(7-9-14)11-31(23,28)29)10-18(25-21(19)30-26-12)15-4-2-3-5-17(15)22/h2-10H,11H2,1H3,(H,24,27)(H2,23,28,29). The number of amides is 1. The monoisotopic (exact) mass is 440 g/mol. The molecule has 2 aromatic carbocycles. The van der Waals surface area contributed by atoms with Gasteiger partial charge in [0.25, 0.3) is 11.6 Å². The molecule has 0 bridgehead atoms. The van der Waals surface area contributed by atoms with E-state index in [2.05, 4.69) is 15.5 Å². The number of sulfonamides is 1. The average Bonchev–Trinajstić information content (AvgIpc) is 3.09. The van der Waals surface area contributed by atoms with Crippen LogP contribution in [0.1, 0.15) is 21.6 Å². The number of hydrogen-bond acceptors (Lipinski definition) is 6. The fraction of sp³-hybridized carbons (Fsp3) is 0.0952. The zero-order chi connectivity index (χ0) is 22.2. The Balaban J connectivity index is 1.70. The van der Waals surface area contributed by atoms with Crippen molar-refractivity contribution in [2.75, 3.05) is 5.32 Å². The van der Waals surface area contributed by atoms with Crippen molar-refractivity contribution >= 4 is 32.7 Å². The number of rotatable bonds is 5. The van der Waals surface area contributed by atoms with Gasteiger partial charge in [-0.3, -0.25) is 4.79 Å². The molecule has 31 heavy (non-hydrogen) atoms. The zero-order valence-corrected chi connectivity index (χ0v) is 17.1. The van der Waals surface area contributed by atoms with Gasteiger partial charge in [-0.1, -0.05) is 29.4 Å². The van der Waals surface area contributed by atoms with Crippen LogP contribution in [0.15, 0.2) is 59.1 Å². The summed E-state index contributed by atoms with van der Waals surface area (Å²) in [7, 11) is -3.66. The van der Waals surface area contributed by atoms with Gasteiger partial charge in [-0.25, -0.2) is 22.9 Å². The first-order chi connectivity index (χ1) is 14.7. The Labute approximate surface area is 176 Å². The number of anilines is 1. The molecule has 0 saturated carbocycles. The third kappa shape index (κ3) is 4.44. The number of nitrogens with two attached hydrogens (primary N) is 1. The number of nitrogens with zero attached hydrogens (tertiary/aromatic N) is 2. The van der Waals surface area contributed by atoms with Crippen molar-refractivity contribution in [3.8, 4) is 11.3 Å². The van der Waals surface area contributed by atoms with E-state index in [1.54, 1.807) is 49.4 Å². The van der Waals surface area contributed by atoms with Crippen molar-refractivity contribution in [2.45, 2.75) is 12.7 Å². The van der Waals surface area contributed by atoms with Crippen LogP contribution < -0.4 is 10.5 Å². The molecule has 0 saturated heterocycles. The molecule has 2 aromatic heterocycles. The molecular weight excluding hydrogens is 423 g/mol. The van der Waals surface area contributed by atoms with Gasteiger partial charge in [0.05, 0.1) is 28.1 Å². The van der Waals surface area contributed by atoms with Crippen molar-refractivity contribution in [3.63, 3.8) is 0 Å². The number of carbonyl (C=O) groups is 1. The number of primary sulfonamides is 1. The van der Waals surface area contributed by atoms with Gasteiger partial charge in [0.2, 0.25) is 10.0 Å². The summed E-state index contributed by atoms with van der Waals surface area (Å²) >= 11 is 0. The van der Waals surface area contributed by atoms with Crippen molar-refractivity contribution < 1.29 is 22.1 Å². The second-order valence-corrected chi connectivity index (χ2v) is 8.56. The highest BCUT2D eigenvalue weighted by molar-refractivity contribution is 7.88. The molecule has 0 unspecified atom stereocenters. The second kappa shape index (κ2) is 7.89. The first kappa shape index (κ1) is 20.6. The number of aromatic nitrogens is 2. The minimum atomic E-state index is -3.66. The van der Waals surface area contributed by atoms with Crippen molar-refractivity contribution in [2.24, 2.45) is 5.14 Å². The van der Waals surface area contributed by atoms with Gasteiger partial charge < -0.3 is 9.84 Å². The maximum absolute atomic E-state index is 14.3. The second-order valence-electron chi connectivity index (χ2n) is 6.94. The summed E-state index contributed by atoms with van der Waals surface area (Å²) in [5.41, 5.74) is 2.19. The molecule has 158 valence electrons. The predicted octanol–water partition coefficient (Wildman–Crippen LogP) is 3.38. The van der Waals surface area contributed by atoms with E-state index in [9.17, 15) is 17.6 Å². The molecule has 2 heterocycles. The van der Waals surface area contributed by atoms with Crippen molar-refractivity contribution in [1.82, 2.24) is 10.1 Å². The summed E-state index contributed by atoms with van der Waals surface area (Å²) < 4.78 is 41.9. The lowest BCUT2D eigenvalue weighted by atomic mass is 10.0. The van der Waals surface area contributed by atoms with Crippen LogP contribution in [0.2, 0.25) is 0 Å². The Morgan fingerprint density at radius 3 is 2.55 bits per heavy atom. The summed E-state index contributed by atoms with van der Waals surface area (Å²) in [4.78, 5) is 17.3. The van der Waals surface area contributed by atoms with Crippen LogP contribution in [0.25, 0.3) is 22.4 Å². The maximum Gasteiger partial charge on any atom is 0.259 e. The summed E-state index contributed by atoms with van der Waals surface area (Å²) in [6.45, 7) is 1.68. The SMILES string of the molecule is Cc1noc2nc(-c3ccccc3F)cc(C(=O)Nc3ccc(CS(N)(=O)=O)cc3)c12. The number of benzene rings is 2. The average molecular weight is 440 g/mol. The maximum atomic E-state index is 14.3. The first-order valence-corrected chi connectivity index (χ1v) is 10.9. The Morgan fingerprint density at radius 2 is 1.87 bits per heavy atom. The Kier molecular flexibility index (Phi) is 5.25. The van der Waals surface area contributed by atoms with E-state index in [4.69, 9.17) is 9.66 Å². The van der Waals surface area contributed by atoms with Crippen LogP contribution in [0, 0.1) is 12.7 Å². The fourth-order valence-corrected chi connectivity index (χ4v) is 3.85. The largest absolute Gasteiger partial charge is 0.335 e. The van der Waals surface area contributed by atoms with Gasteiger partial charge >= 0.3 is 0 Å². The van der Waals surface area contributed by atoms with Crippen LogP contribution in [-0.2, 0) is 15.8 Å². The molecule has 4 rings (SSSR count). The number of halogens is 1. The molecule has 0 aliphatic heterocycles. The molecule has 8 nitrogen and oxygen atoms in total. The number of fused-ring (bicyclic) bond motifs is 1. The molecule has 0 fully saturated rings. The Morgan fingerprint density at radius 1 is 1.16 bits per heavy atom. The number of carbonyl (C=O) groups excluding carboxylic acids is 1. The smallest absolute Gasteiger partial charge is 0.259 e. The normalized spacial score (nSPS) is 11.6. The highest BCUT2D eigenvalue weighted by Gasteiger charge is 2.20. The summed E-state index contributed by atoms with van der Waals surface area (Å²) in [5.74, 6) is -1.27. The molecule has 0 radical (unpaired) electrons. The van der Waals surface area contributed by atoms with E-state index in [0.29, 0.717) is 22.3 Å². The highest BCUT2D eigenvalue weighted by atomic mass is 32.2. The molecular formula is C21H17FN4O4S. The molecule has 0 aliphatic carbocycles. The molecule has 1 amide bonds. The minimum Gasteiger partial charge on any atom is -0.335 e. The summed E-state index contributed by atoms with van der Waals surface area (Å²) in [6, 6.07) is 13.8. The summed E-state index contributed by atoms with van der Waals surface area (Å²) in [5, 5.41) is 12.1. The zero-order valence-electron chi connectivity index (χ0n) is 16.3. The van der Waals surface area contributed by atoms with Crippen LogP contribution in [0.3, 0.4) is 0 Å². The van der Waals surface area contributed by atoms with E-state index in [1.807, 2.05) is 0 Å². The van der Waals surface area contributed by atoms with E-state index in [-0.39, 0.29) is 28.3 Å². The van der Waals surface area contributed by atoms with E-state index >= 15 is 0 Å². The van der Waals surface area contributed by atoms with Crippen LogP contribution in [-0.4, -0.2) is 24.5 Å². The van der Waals surface area contributed by atoms with Gasteiger partial charge in [-0.05, 0) is 42.8 Å². The highest BCUT2D eigenvalue weighted by Crippen LogP contribution is 2.29. The third-order valence-electron chi connectivity index (χ3n) is 4.59. The Hall–Kier alpha value is -3.63. The van der Waals surface area contributed by atoms with E-state index in [1.165, 1.54) is 12.1 Å². The molecule has 0 aliphatic rings.